The van der Waals surface area contributed by atoms with Crippen LogP contribution in [0.3, 0.4) is 0 Å². The van der Waals surface area contributed by atoms with Crippen molar-refractivity contribution in [3.63, 3.8) is 0 Å². The molecule has 1 aliphatic heterocycles. The second kappa shape index (κ2) is 8.06. The van der Waals surface area contributed by atoms with E-state index in [4.69, 9.17) is 0 Å². The van der Waals surface area contributed by atoms with Gasteiger partial charge in [0.2, 0.25) is 5.91 Å². The van der Waals surface area contributed by atoms with Crippen LogP contribution in [-0.4, -0.2) is 51.0 Å². The molecule has 2 N–H and O–H groups in total. The van der Waals surface area contributed by atoms with E-state index in [-0.39, 0.29) is 23.6 Å². The van der Waals surface area contributed by atoms with E-state index in [1.807, 2.05) is 30.3 Å². The number of carbonyl (C=O) groups excluding carboxylic acids is 3. The summed E-state index contributed by atoms with van der Waals surface area (Å²) in [5, 5.41) is 9.85. The molecule has 0 radical (unpaired) electrons. The van der Waals surface area contributed by atoms with Crippen molar-refractivity contribution >= 4 is 17.7 Å². The molecule has 0 bridgehead atoms. The van der Waals surface area contributed by atoms with Crippen LogP contribution >= 0.6 is 0 Å². The average molecular weight is 395 g/mol. The van der Waals surface area contributed by atoms with E-state index < -0.39 is 11.9 Å². The first-order valence-corrected chi connectivity index (χ1v) is 10.0. The van der Waals surface area contributed by atoms with Gasteiger partial charge in [0.15, 0.2) is 5.69 Å². The molecule has 8 nitrogen and oxygen atoms in total. The van der Waals surface area contributed by atoms with Crippen LogP contribution in [0.5, 0.6) is 0 Å². The number of nitrogens with zero attached hydrogens (tertiary/aromatic N) is 3. The molecule has 1 aliphatic carbocycles. The van der Waals surface area contributed by atoms with Crippen LogP contribution < -0.4 is 10.6 Å². The monoisotopic (exact) mass is 395 g/mol. The lowest BCUT2D eigenvalue weighted by Crippen LogP contribution is -2.45. The van der Waals surface area contributed by atoms with Crippen LogP contribution in [0.1, 0.15) is 52.7 Å². The van der Waals surface area contributed by atoms with E-state index >= 15 is 0 Å². The van der Waals surface area contributed by atoms with Crippen molar-refractivity contribution in [2.24, 2.45) is 0 Å². The lowest BCUT2D eigenvalue weighted by atomic mass is 10.2. The van der Waals surface area contributed by atoms with Crippen LogP contribution in [0, 0.1) is 0 Å². The number of hydrogen-bond acceptors (Lipinski definition) is 4. The second-order valence-electron chi connectivity index (χ2n) is 7.68. The molecule has 4 rings (SSSR count). The minimum Gasteiger partial charge on any atom is -0.352 e. The van der Waals surface area contributed by atoms with Gasteiger partial charge in [-0.15, -0.1) is 0 Å². The fraction of sp³-hybridized carbons (Fsp3) is 0.429. The number of carbonyl (C=O) groups is 3. The minimum atomic E-state index is -0.658. The molecule has 1 aromatic carbocycles. The van der Waals surface area contributed by atoms with Gasteiger partial charge in [0, 0.05) is 31.7 Å². The predicted octanol–water partition coefficient (Wildman–Crippen LogP) is 1.33. The smallest absolute Gasteiger partial charge is 0.272 e. The number of hydrogen-bond donors (Lipinski definition) is 2. The number of nitrogens with one attached hydrogen (secondary N) is 2. The highest BCUT2D eigenvalue weighted by molar-refractivity contribution is 5.99. The lowest BCUT2D eigenvalue weighted by Gasteiger charge is -2.20. The molecule has 1 atom stereocenters. The molecule has 29 heavy (non-hydrogen) atoms. The van der Waals surface area contributed by atoms with Crippen molar-refractivity contribution in [1.29, 1.82) is 0 Å². The topological polar surface area (TPSA) is 96.3 Å². The second-order valence-corrected chi connectivity index (χ2v) is 7.68. The highest BCUT2D eigenvalue weighted by atomic mass is 16.2. The molecular weight excluding hydrogens is 370 g/mol. The molecule has 0 spiro atoms. The molecular formula is C21H25N5O3. The Morgan fingerprint density at radius 2 is 1.97 bits per heavy atom. The summed E-state index contributed by atoms with van der Waals surface area (Å²) >= 11 is 0. The molecule has 1 fully saturated rings. The Morgan fingerprint density at radius 3 is 2.69 bits per heavy atom. The van der Waals surface area contributed by atoms with Crippen molar-refractivity contribution < 1.29 is 14.4 Å². The molecule has 2 heterocycles. The summed E-state index contributed by atoms with van der Waals surface area (Å²) in [5.41, 5.74) is 1.61. The Kier molecular flexibility index (Phi) is 5.33. The predicted molar refractivity (Wildman–Crippen MR) is 106 cm³/mol. The van der Waals surface area contributed by atoms with Gasteiger partial charge in [-0.05, 0) is 31.7 Å². The number of aromatic nitrogens is 2. The maximum Gasteiger partial charge on any atom is 0.272 e. The van der Waals surface area contributed by atoms with E-state index in [0.717, 1.165) is 24.8 Å². The molecule has 3 amide bonds. The molecule has 2 aliphatic rings. The van der Waals surface area contributed by atoms with E-state index in [1.54, 1.807) is 16.5 Å². The third kappa shape index (κ3) is 4.47. The third-order valence-corrected chi connectivity index (χ3v) is 5.20. The summed E-state index contributed by atoms with van der Waals surface area (Å²) in [4.78, 5) is 39.4. The number of benzene rings is 1. The number of amides is 3. The Morgan fingerprint density at radius 1 is 1.21 bits per heavy atom. The first-order chi connectivity index (χ1) is 14.0. The largest absolute Gasteiger partial charge is 0.352 e. The van der Waals surface area contributed by atoms with Crippen LogP contribution in [-0.2, 0) is 17.9 Å². The molecule has 1 saturated carbocycles. The molecule has 2 aromatic rings. The Labute approximate surface area is 169 Å². The summed E-state index contributed by atoms with van der Waals surface area (Å²) in [5.74, 6) is -0.796. The van der Waals surface area contributed by atoms with E-state index in [2.05, 4.69) is 15.7 Å². The Balaban J connectivity index is 1.44. The Bertz CT molecular complexity index is 920. The van der Waals surface area contributed by atoms with Crippen molar-refractivity contribution in [3.05, 3.63) is 53.3 Å². The first-order valence-electron chi connectivity index (χ1n) is 10.0. The zero-order chi connectivity index (χ0) is 20.4. The highest BCUT2D eigenvalue weighted by Crippen LogP contribution is 2.19. The number of aryl methyl sites for hydroxylation is 1. The zero-order valence-electron chi connectivity index (χ0n) is 16.4. The van der Waals surface area contributed by atoms with Crippen molar-refractivity contribution in [2.75, 3.05) is 6.54 Å². The molecule has 152 valence electrons. The van der Waals surface area contributed by atoms with Gasteiger partial charge in [-0.3, -0.25) is 19.1 Å². The van der Waals surface area contributed by atoms with Crippen molar-refractivity contribution in [1.82, 2.24) is 25.3 Å². The molecule has 8 heteroatoms. The van der Waals surface area contributed by atoms with Gasteiger partial charge in [0.25, 0.3) is 11.8 Å². The summed E-state index contributed by atoms with van der Waals surface area (Å²) in [6.07, 6.45) is 2.73. The molecule has 0 saturated heterocycles. The van der Waals surface area contributed by atoms with Gasteiger partial charge in [0.1, 0.15) is 11.7 Å². The van der Waals surface area contributed by atoms with Crippen LogP contribution in [0.4, 0.5) is 0 Å². The van der Waals surface area contributed by atoms with Gasteiger partial charge in [0.05, 0.1) is 0 Å². The van der Waals surface area contributed by atoms with Crippen molar-refractivity contribution in [2.45, 2.75) is 51.4 Å². The minimum absolute atomic E-state index is 0.141. The van der Waals surface area contributed by atoms with E-state index in [9.17, 15) is 14.4 Å². The normalized spacial score (nSPS) is 17.3. The molecule has 0 unspecified atom stereocenters. The van der Waals surface area contributed by atoms with Gasteiger partial charge in [-0.1, -0.05) is 30.3 Å². The van der Waals surface area contributed by atoms with Gasteiger partial charge in [-0.2, -0.15) is 5.10 Å². The fourth-order valence-corrected chi connectivity index (χ4v) is 3.39. The zero-order valence-corrected chi connectivity index (χ0v) is 16.4. The highest BCUT2D eigenvalue weighted by Gasteiger charge is 2.29. The maximum atomic E-state index is 13.0. The average Bonchev–Trinajstić information content (AvgIpc) is 3.45. The van der Waals surface area contributed by atoms with E-state index in [0.29, 0.717) is 25.3 Å². The summed E-state index contributed by atoms with van der Waals surface area (Å²) in [6.45, 7) is 3.36. The SMILES string of the molecule is C[C@@H](NC(=O)c1cc2n(n1)CCCN(Cc1ccccc1)C2=O)C(=O)NC1CC1. The lowest BCUT2D eigenvalue weighted by molar-refractivity contribution is -0.122. The Hall–Kier alpha value is -3.16. The fourth-order valence-electron chi connectivity index (χ4n) is 3.39. The summed E-state index contributed by atoms with van der Waals surface area (Å²) < 4.78 is 1.59. The maximum absolute atomic E-state index is 13.0. The quantitative estimate of drug-likeness (QED) is 0.771. The number of rotatable bonds is 6. The summed E-state index contributed by atoms with van der Waals surface area (Å²) in [6, 6.07) is 10.9. The van der Waals surface area contributed by atoms with Crippen LogP contribution in [0.2, 0.25) is 0 Å². The molecule has 1 aromatic heterocycles. The van der Waals surface area contributed by atoms with E-state index in [1.165, 1.54) is 6.07 Å². The van der Waals surface area contributed by atoms with Crippen LogP contribution in [0.25, 0.3) is 0 Å². The van der Waals surface area contributed by atoms with Crippen LogP contribution in [0.15, 0.2) is 36.4 Å². The van der Waals surface area contributed by atoms with Gasteiger partial charge < -0.3 is 15.5 Å². The first kappa shape index (κ1) is 19.2. The van der Waals surface area contributed by atoms with Crippen molar-refractivity contribution in [3.8, 4) is 0 Å². The van der Waals surface area contributed by atoms with Gasteiger partial charge >= 0.3 is 0 Å². The number of fused-ring (bicyclic) bond motifs is 1. The standard InChI is InChI=1S/C21H25N5O3/c1-14(19(27)23-16-8-9-16)22-20(28)17-12-18-21(29)25(10-5-11-26(18)24-17)13-15-6-3-2-4-7-15/h2-4,6-7,12,14,16H,5,8-11,13H2,1H3,(H,22,28)(H,23,27)/t14-/m1/s1. The van der Waals surface area contributed by atoms with Gasteiger partial charge in [-0.25, -0.2) is 0 Å². The summed E-state index contributed by atoms with van der Waals surface area (Å²) in [7, 11) is 0. The third-order valence-electron chi connectivity index (χ3n) is 5.20.